The summed E-state index contributed by atoms with van der Waals surface area (Å²) in [4.78, 5) is 21.2. The highest BCUT2D eigenvalue weighted by Crippen LogP contribution is 2.34. The van der Waals surface area contributed by atoms with Crippen LogP contribution >= 0.6 is 11.3 Å². The van der Waals surface area contributed by atoms with Crippen LogP contribution in [0.2, 0.25) is 0 Å². The third kappa shape index (κ3) is 3.67. The number of methoxy groups -OCH3 is 2. The van der Waals surface area contributed by atoms with Crippen LogP contribution in [0.1, 0.15) is 12.0 Å². The lowest BCUT2D eigenvalue weighted by molar-refractivity contribution is 0.121. The second-order valence-corrected chi connectivity index (χ2v) is 9.11. The molecule has 0 N–H and O–H groups in total. The number of rotatable bonds is 5. The zero-order valence-electron chi connectivity index (χ0n) is 18.4. The number of anilines is 1. The van der Waals surface area contributed by atoms with Gasteiger partial charge in [0.1, 0.15) is 16.8 Å². The Labute approximate surface area is 190 Å². The number of aromatic nitrogens is 2. The van der Waals surface area contributed by atoms with Crippen molar-refractivity contribution < 1.29 is 9.47 Å². The van der Waals surface area contributed by atoms with Gasteiger partial charge >= 0.3 is 0 Å². The SMILES string of the molecule is COc1cc(-n2cnc3cc(-c4ccc(C)cc4)sc3c2=O)ccc1N1CC[C@@H](OC)C1. The Balaban J connectivity index is 1.52. The molecule has 164 valence electrons. The van der Waals surface area contributed by atoms with Crippen molar-refractivity contribution in [3.8, 4) is 21.9 Å². The van der Waals surface area contributed by atoms with Crippen LogP contribution in [-0.4, -0.2) is 43.0 Å². The second kappa shape index (κ2) is 8.41. The van der Waals surface area contributed by atoms with E-state index in [0.29, 0.717) is 4.70 Å². The predicted octanol–water partition coefficient (Wildman–Crippen LogP) is 4.66. The first-order valence-electron chi connectivity index (χ1n) is 10.6. The number of nitrogens with zero attached hydrogens (tertiary/aromatic N) is 3. The number of aryl methyl sites for hydroxylation is 1. The lowest BCUT2D eigenvalue weighted by Crippen LogP contribution is -2.23. The fraction of sp³-hybridized carbons (Fsp3) is 0.280. The van der Waals surface area contributed by atoms with Gasteiger partial charge in [-0.2, -0.15) is 0 Å². The molecule has 5 rings (SSSR count). The molecule has 0 unspecified atom stereocenters. The maximum Gasteiger partial charge on any atom is 0.275 e. The van der Waals surface area contributed by atoms with Gasteiger partial charge in [-0.3, -0.25) is 9.36 Å². The van der Waals surface area contributed by atoms with Gasteiger partial charge in [-0.1, -0.05) is 29.8 Å². The minimum absolute atomic E-state index is 0.0752. The van der Waals surface area contributed by atoms with Gasteiger partial charge in [0.25, 0.3) is 5.56 Å². The van der Waals surface area contributed by atoms with Gasteiger partial charge in [0, 0.05) is 31.1 Å². The summed E-state index contributed by atoms with van der Waals surface area (Å²) in [6.07, 6.45) is 2.82. The molecule has 1 saturated heterocycles. The van der Waals surface area contributed by atoms with E-state index in [2.05, 4.69) is 41.1 Å². The van der Waals surface area contributed by atoms with E-state index >= 15 is 0 Å². The molecule has 0 bridgehead atoms. The molecule has 0 spiro atoms. The number of ether oxygens (including phenoxy) is 2. The Kier molecular flexibility index (Phi) is 5.45. The molecule has 1 aliphatic heterocycles. The van der Waals surface area contributed by atoms with Crippen molar-refractivity contribution in [3.05, 3.63) is 70.8 Å². The van der Waals surface area contributed by atoms with Crippen molar-refractivity contribution in [2.24, 2.45) is 0 Å². The fourth-order valence-electron chi connectivity index (χ4n) is 4.17. The largest absolute Gasteiger partial charge is 0.495 e. The highest BCUT2D eigenvalue weighted by atomic mass is 32.1. The summed E-state index contributed by atoms with van der Waals surface area (Å²) in [5.41, 5.74) is 4.69. The lowest BCUT2D eigenvalue weighted by Gasteiger charge is -2.22. The van der Waals surface area contributed by atoms with Crippen LogP contribution in [0.25, 0.3) is 26.3 Å². The van der Waals surface area contributed by atoms with Crippen LogP contribution in [-0.2, 0) is 4.74 Å². The Morgan fingerprint density at radius 2 is 1.91 bits per heavy atom. The molecule has 1 aliphatic rings. The van der Waals surface area contributed by atoms with Crippen molar-refractivity contribution in [1.82, 2.24) is 9.55 Å². The fourth-order valence-corrected chi connectivity index (χ4v) is 5.22. The number of benzene rings is 2. The van der Waals surface area contributed by atoms with E-state index in [0.717, 1.165) is 52.6 Å². The van der Waals surface area contributed by atoms with Gasteiger partial charge in [-0.05, 0) is 37.1 Å². The van der Waals surface area contributed by atoms with Crippen LogP contribution in [0.3, 0.4) is 0 Å². The molecule has 6 nitrogen and oxygen atoms in total. The van der Waals surface area contributed by atoms with Crippen molar-refractivity contribution in [1.29, 1.82) is 0 Å². The van der Waals surface area contributed by atoms with Crippen LogP contribution in [0.15, 0.2) is 59.7 Å². The van der Waals surface area contributed by atoms with E-state index in [1.165, 1.54) is 16.9 Å². The van der Waals surface area contributed by atoms with Gasteiger partial charge in [0.2, 0.25) is 0 Å². The molecular weight excluding hydrogens is 422 g/mol. The predicted molar refractivity (Wildman–Crippen MR) is 130 cm³/mol. The molecule has 0 radical (unpaired) electrons. The van der Waals surface area contributed by atoms with Crippen LogP contribution in [0.5, 0.6) is 5.75 Å². The molecule has 0 saturated carbocycles. The number of thiophene rings is 1. The summed E-state index contributed by atoms with van der Waals surface area (Å²) in [5.74, 6) is 0.734. The van der Waals surface area contributed by atoms with Crippen molar-refractivity contribution in [2.75, 3.05) is 32.2 Å². The highest BCUT2D eigenvalue weighted by Gasteiger charge is 2.24. The zero-order valence-corrected chi connectivity index (χ0v) is 19.2. The molecule has 1 atom stereocenters. The van der Waals surface area contributed by atoms with Crippen LogP contribution < -0.4 is 15.2 Å². The Bertz CT molecular complexity index is 1330. The molecular formula is C25H25N3O3S. The Hall–Kier alpha value is -3.16. The monoisotopic (exact) mass is 447 g/mol. The zero-order chi connectivity index (χ0) is 22.2. The summed E-state index contributed by atoms with van der Waals surface area (Å²) < 4.78 is 13.4. The molecule has 0 amide bonds. The Morgan fingerprint density at radius 1 is 1.09 bits per heavy atom. The molecule has 1 fully saturated rings. The summed E-state index contributed by atoms with van der Waals surface area (Å²) in [6, 6.07) is 16.2. The quantitative estimate of drug-likeness (QED) is 0.446. The van der Waals surface area contributed by atoms with E-state index in [1.54, 1.807) is 25.1 Å². The van der Waals surface area contributed by atoms with Gasteiger partial charge in [-0.15, -0.1) is 11.3 Å². The number of hydrogen-bond donors (Lipinski definition) is 0. The minimum atomic E-state index is -0.0752. The van der Waals surface area contributed by atoms with E-state index in [4.69, 9.17) is 9.47 Å². The van der Waals surface area contributed by atoms with Gasteiger partial charge in [0.05, 0.1) is 30.1 Å². The standard InChI is InChI=1S/C25H25N3O3S/c1-16-4-6-17(7-5-16)23-13-20-24(32-23)25(29)28(15-26-20)18-8-9-21(22(12-18)31-3)27-11-10-19(14-27)30-2/h4-9,12-13,15,19H,10-11,14H2,1-3H3/t19-/m1/s1. The first-order chi connectivity index (χ1) is 15.6. The van der Waals surface area contributed by atoms with E-state index in [-0.39, 0.29) is 11.7 Å². The third-order valence-corrected chi connectivity index (χ3v) is 7.20. The van der Waals surface area contributed by atoms with Crippen LogP contribution in [0, 0.1) is 6.92 Å². The average Bonchev–Trinajstić information content (AvgIpc) is 3.47. The molecule has 2 aromatic heterocycles. The number of fused-ring (bicyclic) bond motifs is 1. The third-order valence-electron chi connectivity index (χ3n) is 6.03. The molecule has 7 heteroatoms. The van der Waals surface area contributed by atoms with Gasteiger partial charge < -0.3 is 14.4 Å². The summed E-state index contributed by atoms with van der Waals surface area (Å²) in [7, 11) is 3.41. The van der Waals surface area contributed by atoms with Gasteiger partial charge in [-0.25, -0.2) is 4.98 Å². The van der Waals surface area contributed by atoms with Crippen molar-refractivity contribution >= 4 is 27.2 Å². The van der Waals surface area contributed by atoms with Crippen molar-refractivity contribution in [3.63, 3.8) is 0 Å². The minimum Gasteiger partial charge on any atom is -0.495 e. The van der Waals surface area contributed by atoms with E-state index < -0.39 is 0 Å². The summed E-state index contributed by atoms with van der Waals surface area (Å²) in [5, 5.41) is 0. The maximum absolute atomic E-state index is 13.3. The Morgan fingerprint density at radius 3 is 2.62 bits per heavy atom. The van der Waals surface area contributed by atoms with Crippen molar-refractivity contribution in [2.45, 2.75) is 19.4 Å². The second-order valence-electron chi connectivity index (χ2n) is 8.06. The molecule has 3 heterocycles. The molecule has 32 heavy (non-hydrogen) atoms. The van der Waals surface area contributed by atoms with Gasteiger partial charge in [0.15, 0.2) is 0 Å². The average molecular weight is 448 g/mol. The highest BCUT2D eigenvalue weighted by molar-refractivity contribution is 7.22. The molecule has 2 aromatic carbocycles. The normalized spacial score (nSPS) is 16.1. The maximum atomic E-state index is 13.3. The first-order valence-corrected chi connectivity index (χ1v) is 11.4. The first kappa shape index (κ1) is 20.7. The summed E-state index contributed by atoms with van der Waals surface area (Å²) >= 11 is 1.48. The lowest BCUT2D eigenvalue weighted by atomic mass is 10.1. The smallest absolute Gasteiger partial charge is 0.275 e. The summed E-state index contributed by atoms with van der Waals surface area (Å²) in [6.45, 7) is 3.81. The van der Waals surface area contributed by atoms with Crippen LogP contribution in [0.4, 0.5) is 5.69 Å². The topological polar surface area (TPSA) is 56.6 Å². The van der Waals surface area contributed by atoms with E-state index in [1.807, 2.05) is 24.3 Å². The van der Waals surface area contributed by atoms with E-state index in [9.17, 15) is 4.79 Å². The number of hydrogen-bond acceptors (Lipinski definition) is 6. The molecule has 4 aromatic rings. The molecule has 0 aliphatic carbocycles.